The van der Waals surface area contributed by atoms with Gasteiger partial charge in [0.1, 0.15) is 18.5 Å². The average Bonchev–Trinajstić information content (AvgIpc) is 3.18. The predicted molar refractivity (Wildman–Crippen MR) is 134 cm³/mol. The Kier molecular flexibility index (Phi) is 7.57. The maximum Gasteiger partial charge on any atom is 0.327 e. The van der Waals surface area contributed by atoms with Crippen LogP contribution in [0, 0.1) is 5.92 Å². The van der Waals surface area contributed by atoms with Crippen LogP contribution in [-0.4, -0.2) is 75.2 Å². The number of aromatic amines is 1. The number of H-pyrrole nitrogens is 1. The van der Waals surface area contributed by atoms with Crippen LogP contribution in [0.1, 0.15) is 44.6 Å². The molecule has 9 nitrogen and oxygen atoms in total. The molecule has 2 saturated heterocycles. The molecule has 3 aliphatic rings. The van der Waals surface area contributed by atoms with Crippen LogP contribution >= 0.6 is 0 Å². The number of hydrogen-bond acceptors (Lipinski definition) is 4. The molecule has 0 bridgehead atoms. The highest BCUT2D eigenvalue weighted by Gasteiger charge is 2.36. The van der Waals surface area contributed by atoms with E-state index in [-0.39, 0.29) is 43.2 Å². The molecule has 2 aliphatic heterocycles. The number of fused-ring (bicyclic) bond motifs is 1. The third-order valence-electron chi connectivity index (χ3n) is 7.77. The Balaban J connectivity index is 1.24. The lowest BCUT2D eigenvalue weighted by Crippen LogP contribution is -2.53. The summed E-state index contributed by atoms with van der Waals surface area (Å²) in [5, 5.41) is 2.79. The van der Waals surface area contributed by atoms with Crippen molar-refractivity contribution >= 4 is 23.1 Å². The third-order valence-corrected chi connectivity index (χ3v) is 7.77. The molecule has 5 rings (SSSR count). The zero-order valence-electron chi connectivity index (χ0n) is 21.0. The second-order valence-electron chi connectivity index (χ2n) is 10.1. The largest absolute Gasteiger partial charge is 0.338 e. The number of halogens is 3. The fourth-order valence-corrected chi connectivity index (χ4v) is 5.79. The number of pyridine rings is 1. The normalized spacial score (nSPS) is 23.6. The number of allylic oxidation sites excluding steroid dienone is 3. The minimum atomic E-state index is -0.889. The maximum absolute atomic E-state index is 14.5. The molecule has 0 spiro atoms. The van der Waals surface area contributed by atoms with Gasteiger partial charge in [0.15, 0.2) is 11.5 Å². The highest BCUT2D eigenvalue weighted by Crippen LogP contribution is 2.36. The minimum Gasteiger partial charge on any atom is -0.338 e. The Morgan fingerprint density at radius 2 is 1.95 bits per heavy atom. The molecule has 2 aromatic heterocycles. The topological polar surface area (TPSA) is 103 Å². The fourth-order valence-electron chi connectivity index (χ4n) is 5.79. The summed E-state index contributed by atoms with van der Waals surface area (Å²) in [5.41, 5.74) is 1.21. The summed E-state index contributed by atoms with van der Waals surface area (Å²) < 4.78 is 43.4. The molecule has 2 N–H and O–H groups in total. The Morgan fingerprint density at radius 1 is 1.16 bits per heavy atom. The molecule has 204 valence electrons. The summed E-state index contributed by atoms with van der Waals surface area (Å²) in [6.07, 6.45) is 5.34. The van der Waals surface area contributed by atoms with Crippen molar-refractivity contribution in [2.75, 3.05) is 32.9 Å². The number of amides is 3. The van der Waals surface area contributed by atoms with Gasteiger partial charge in [0.05, 0.1) is 5.52 Å². The van der Waals surface area contributed by atoms with Crippen LogP contribution in [0.5, 0.6) is 0 Å². The van der Waals surface area contributed by atoms with Gasteiger partial charge in [0, 0.05) is 50.8 Å². The lowest BCUT2D eigenvalue weighted by atomic mass is 9.88. The highest BCUT2D eigenvalue weighted by atomic mass is 19.2. The molecular formula is C26H31F3N6O3. The first-order valence-corrected chi connectivity index (χ1v) is 13.1. The third kappa shape index (κ3) is 5.08. The van der Waals surface area contributed by atoms with Crippen molar-refractivity contribution in [2.24, 2.45) is 5.92 Å². The number of urea groups is 1. The second kappa shape index (κ2) is 11.0. The van der Waals surface area contributed by atoms with Crippen molar-refractivity contribution in [2.45, 2.75) is 50.6 Å². The van der Waals surface area contributed by atoms with Gasteiger partial charge in [-0.05, 0) is 49.8 Å². The Bertz CT molecular complexity index is 1330. The summed E-state index contributed by atoms with van der Waals surface area (Å²) in [6.45, 7) is -0.115. The summed E-state index contributed by atoms with van der Waals surface area (Å²) in [5.74, 6) is -2.58. The van der Waals surface area contributed by atoms with Crippen LogP contribution in [0.25, 0.3) is 11.2 Å². The predicted octanol–water partition coefficient (Wildman–Crippen LogP) is 3.52. The molecule has 1 aliphatic carbocycles. The van der Waals surface area contributed by atoms with E-state index in [1.54, 1.807) is 27.8 Å². The van der Waals surface area contributed by atoms with E-state index in [0.29, 0.717) is 49.9 Å². The summed E-state index contributed by atoms with van der Waals surface area (Å²) in [7, 11) is 0. The van der Waals surface area contributed by atoms with E-state index >= 15 is 0 Å². The van der Waals surface area contributed by atoms with Crippen molar-refractivity contribution in [1.82, 2.24) is 29.7 Å². The zero-order chi connectivity index (χ0) is 26.8. The maximum atomic E-state index is 14.5. The Labute approximate surface area is 217 Å². The van der Waals surface area contributed by atoms with Crippen LogP contribution < -0.4 is 11.0 Å². The molecule has 12 heteroatoms. The second-order valence-corrected chi connectivity index (χ2v) is 10.1. The number of carbonyl (C=O) groups excluding carboxylic acids is 2. The molecule has 2 aromatic rings. The minimum absolute atomic E-state index is 0.0103. The first-order valence-electron chi connectivity index (χ1n) is 13.1. The number of likely N-dealkylation sites (tertiary alicyclic amines) is 2. The van der Waals surface area contributed by atoms with Gasteiger partial charge in [-0.3, -0.25) is 14.3 Å². The molecule has 0 aromatic carbocycles. The molecule has 38 heavy (non-hydrogen) atoms. The van der Waals surface area contributed by atoms with Crippen LogP contribution in [-0.2, 0) is 4.79 Å². The van der Waals surface area contributed by atoms with Crippen LogP contribution in [0.15, 0.2) is 46.4 Å². The van der Waals surface area contributed by atoms with Crippen molar-refractivity contribution in [3.8, 4) is 0 Å². The van der Waals surface area contributed by atoms with Gasteiger partial charge in [-0.1, -0.05) is 6.08 Å². The van der Waals surface area contributed by atoms with E-state index in [2.05, 4.69) is 15.3 Å². The van der Waals surface area contributed by atoms with Gasteiger partial charge in [-0.25, -0.2) is 27.7 Å². The van der Waals surface area contributed by atoms with Crippen molar-refractivity contribution in [3.63, 3.8) is 0 Å². The lowest BCUT2D eigenvalue weighted by Gasteiger charge is -2.33. The van der Waals surface area contributed by atoms with Gasteiger partial charge >= 0.3 is 11.7 Å². The number of alkyl halides is 1. The molecule has 2 fully saturated rings. The van der Waals surface area contributed by atoms with E-state index < -0.39 is 42.2 Å². The molecule has 3 amide bonds. The monoisotopic (exact) mass is 532 g/mol. The number of hydrogen-bond donors (Lipinski definition) is 2. The molecule has 4 heterocycles. The number of imidazole rings is 1. The number of piperidine rings is 1. The molecular weight excluding hydrogens is 501 g/mol. The van der Waals surface area contributed by atoms with Gasteiger partial charge in [-0.2, -0.15) is 0 Å². The van der Waals surface area contributed by atoms with E-state index in [1.807, 2.05) is 6.07 Å². The Morgan fingerprint density at radius 3 is 2.71 bits per heavy atom. The summed E-state index contributed by atoms with van der Waals surface area (Å²) >= 11 is 0. The molecule has 0 radical (unpaired) electrons. The highest BCUT2D eigenvalue weighted by molar-refractivity contribution is 5.87. The zero-order valence-corrected chi connectivity index (χ0v) is 21.0. The number of aromatic nitrogens is 3. The molecule has 2 atom stereocenters. The van der Waals surface area contributed by atoms with Crippen molar-refractivity contribution < 1.29 is 22.8 Å². The number of nitrogens with zero attached hydrogens (tertiary/aromatic N) is 4. The molecule has 0 saturated carbocycles. The number of nitrogens with one attached hydrogen (secondary N) is 2. The number of carbonyl (C=O) groups is 2. The van der Waals surface area contributed by atoms with E-state index in [9.17, 15) is 27.6 Å². The van der Waals surface area contributed by atoms with Crippen LogP contribution in [0.3, 0.4) is 0 Å². The Hall–Kier alpha value is -3.57. The first kappa shape index (κ1) is 26.1. The SMILES string of the molecule is O=C(NC1CCC(C2=CCCC(F)=C2F)CN(CCF)C1=O)N1CCC(n2c(=O)[nH]c3ncccc32)CC1. The average molecular weight is 533 g/mol. The van der Waals surface area contributed by atoms with Gasteiger partial charge < -0.3 is 15.1 Å². The van der Waals surface area contributed by atoms with Crippen molar-refractivity contribution in [1.29, 1.82) is 0 Å². The van der Waals surface area contributed by atoms with E-state index in [0.717, 1.165) is 0 Å². The van der Waals surface area contributed by atoms with Gasteiger partial charge in [0.2, 0.25) is 5.91 Å². The first-order chi connectivity index (χ1) is 18.4. The van der Waals surface area contributed by atoms with Crippen LogP contribution in [0.4, 0.5) is 18.0 Å². The fraction of sp³-hybridized carbons (Fsp3) is 0.538. The quantitative estimate of drug-likeness (QED) is 0.615. The standard InChI is InChI=1S/C26H31F3N6O3/c27-10-14-34-15-16(18-3-1-4-19(28)22(18)29)6-7-20(24(34)36)31-25(37)33-12-8-17(9-13-33)35-21-5-2-11-30-23(21)32-26(35)38/h2-3,5,11,16-17,20H,1,4,6-10,12-15H2,(H,31,37)(H,30,32,38). The summed E-state index contributed by atoms with van der Waals surface area (Å²) in [6, 6.07) is 2.19. The van der Waals surface area contributed by atoms with Crippen molar-refractivity contribution in [3.05, 3.63) is 52.1 Å². The number of rotatable bonds is 5. The van der Waals surface area contributed by atoms with Gasteiger partial charge in [0.25, 0.3) is 0 Å². The van der Waals surface area contributed by atoms with E-state index in [1.165, 1.54) is 4.90 Å². The smallest absolute Gasteiger partial charge is 0.327 e. The van der Waals surface area contributed by atoms with E-state index in [4.69, 9.17) is 0 Å². The molecule has 2 unspecified atom stereocenters. The van der Waals surface area contributed by atoms with Gasteiger partial charge in [-0.15, -0.1) is 0 Å². The summed E-state index contributed by atoms with van der Waals surface area (Å²) in [4.78, 5) is 48.6. The van der Waals surface area contributed by atoms with Crippen LogP contribution in [0.2, 0.25) is 0 Å². The lowest BCUT2D eigenvalue weighted by molar-refractivity contribution is -0.133.